The van der Waals surface area contributed by atoms with Gasteiger partial charge in [0.25, 0.3) is 0 Å². The van der Waals surface area contributed by atoms with Gasteiger partial charge in [0.2, 0.25) is 0 Å². The highest BCUT2D eigenvalue weighted by Crippen LogP contribution is 2.00. The summed E-state index contributed by atoms with van der Waals surface area (Å²) in [5.74, 6) is 0. The summed E-state index contributed by atoms with van der Waals surface area (Å²) in [6, 6.07) is 0. The summed E-state index contributed by atoms with van der Waals surface area (Å²) in [7, 11) is 1.62. The van der Waals surface area contributed by atoms with Gasteiger partial charge in [0, 0.05) is 7.05 Å². The summed E-state index contributed by atoms with van der Waals surface area (Å²) >= 11 is 0. The lowest BCUT2D eigenvalue weighted by Gasteiger charge is -2.05. The van der Waals surface area contributed by atoms with Crippen LogP contribution in [0.5, 0.6) is 0 Å². The van der Waals surface area contributed by atoms with Gasteiger partial charge < -0.3 is 10.1 Å². The lowest BCUT2D eigenvalue weighted by Crippen LogP contribution is -2.30. The van der Waals surface area contributed by atoms with E-state index in [1.165, 1.54) is 15.6 Å². The van der Waals surface area contributed by atoms with Crippen molar-refractivity contribution < 1.29 is 9.53 Å². The number of carbonyl (C=O) groups excluding carboxylic acids is 1. The topological polar surface area (TPSA) is 78.2 Å². The molecule has 1 aliphatic rings. The van der Waals surface area contributed by atoms with Crippen LogP contribution in [0.1, 0.15) is 0 Å². The molecule has 1 unspecified atom stereocenters. The van der Waals surface area contributed by atoms with Gasteiger partial charge in [0.15, 0.2) is 0 Å². The average molecular weight is 198 g/mol. The van der Waals surface area contributed by atoms with Crippen LogP contribution in [0.4, 0.5) is 4.79 Å². The van der Waals surface area contributed by atoms with E-state index in [-0.39, 0.29) is 11.8 Å². The number of carbonyl (C=O) groups is 1. The lowest BCUT2D eigenvalue weighted by atomic mass is 10.4. The molecule has 7 nitrogen and oxygen atoms in total. The maximum atomic E-state index is 11.3. The van der Waals surface area contributed by atoms with Gasteiger partial charge in [-0.05, 0) is 0 Å². The highest BCUT2D eigenvalue weighted by atomic mass is 16.6. The molecule has 76 valence electrons. The minimum Gasteiger partial charge on any atom is -0.442 e. The molecule has 2 heterocycles. The maximum Gasteiger partial charge on any atom is 0.407 e. The molecule has 1 aliphatic heterocycles. The van der Waals surface area contributed by atoms with Crippen LogP contribution in [-0.2, 0) is 18.3 Å². The number of ether oxygens (including phenoxy) is 1. The maximum absolute atomic E-state index is 11.3. The Labute approximate surface area is 79.3 Å². The van der Waals surface area contributed by atoms with Gasteiger partial charge in [-0.3, -0.25) is 4.57 Å². The van der Waals surface area contributed by atoms with Gasteiger partial charge in [-0.1, -0.05) is 0 Å². The number of alkyl carbamates (subject to hydrolysis) is 1. The first-order valence-corrected chi connectivity index (χ1v) is 4.20. The molecule has 1 saturated heterocycles. The van der Waals surface area contributed by atoms with E-state index in [2.05, 4.69) is 10.4 Å². The van der Waals surface area contributed by atoms with E-state index < -0.39 is 6.09 Å². The standard InChI is InChI=1S/C7H10N4O3/c1-10-4-9-11(7(10)13)3-5-2-8-6(12)14-5/h4-5H,2-3H2,1H3,(H,8,12). The fraction of sp³-hybridized carbons (Fsp3) is 0.571. The van der Waals surface area contributed by atoms with Crippen LogP contribution in [0.25, 0.3) is 0 Å². The van der Waals surface area contributed by atoms with E-state index in [0.29, 0.717) is 13.1 Å². The van der Waals surface area contributed by atoms with Crippen molar-refractivity contribution in [3.8, 4) is 0 Å². The summed E-state index contributed by atoms with van der Waals surface area (Å²) in [6.45, 7) is 0.709. The summed E-state index contributed by atoms with van der Waals surface area (Å²) in [5.41, 5.74) is -0.215. The molecular formula is C7H10N4O3. The van der Waals surface area contributed by atoms with Crippen molar-refractivity contribution in [3.05, 3.63) is 16.8 Å². The quantitative estimate of drug-likeness (QED) is 0.640. The SMILES string of the molecule is Cn1cnn(CC2CNC(=O)O2)c1=O. The first kappa shape index (κ1) is 8.79. The number of amides is 1. The molecule has 1 aromatic rings. The van der Waals surface area contributed by atoms with Crippen molar-refractivity contribution in [1.82, 2.24) is 19.7 Å². The van der Waals surface area contributed by atoms with Gasteiger partial charge >= 0.3 is 11.8 Å². The third-order valence-corrected chi connectivity index (χ3v) is 2.01. The number of nitrogens with zero attached hydrogens (tertiary/aromatic N) is 3. The second-order valence-corrected chi connectivity index (χ2v) is 3.11. The van der Waals surface area contributed by atoms with E-state index in [0.717, 1.165) is 0 Å². The zero-order chi connectivity index (χ0) is 10.1. The Bertz CT molecular complexity index is 407. The Hall–Kier alpha value is -1.79. The zero-order valence-corrected chi connectivity index (χ0v) is 7.64. The predicted octanol–water partition coefficient (Wildman–Crippen LogP) is -1.31. The molecule has 1 N–H and O–H groups in total. The first-order valence-electron chi connectivity index (χ1n) is 4.20. The minimum atomic E-state index is -0.445. The van der Waals surface area contributed by atoms with Crippen LogP contribution >= 0.6 is 0 Å². The van der Waals surface area contributed by atoms with Crippen LogP contribution in [0.15, 0.2) is 11.1 Å². The lowest BCUT2D eigenvalue weighted by molar-refractivity contribution is 0.128. The van der Waals surface area contributed by atoms with E-state index in [1.54, 1.807) is 7.05 Å². The highest BCUT2D eigenvalue weighted by molar-refractivity contribution is 5.69. The molecule has 0 aromatic carbocycles. The van der Waals surface area contributed by atoms with Gasteiger partial charge in [-0.15, -0.1) is 0 Å². The van der Waals surface area contributed by atoms with Crippen molar-refractivity contribution in [2.45, 2.75) is 12.6 Å². The Balaban J connectivity index is 2.08. The molecular weight excluding hydrogens is 188 g/mol. The molecule has 7 heteroatoms. The third-order valence-electron chi connectivity index (χ3n) is 2.01. The Morgan fingerprint density at radius 1 is 1.71 bits per heavy atom. The van der Waals surface area contributed by atoms with Crippen LogP contribution in [0.2, 0.25) is 0 Å². The second kappa shape index (κ2) is 3.17. The molecule has 1 amide bonds. The number of hydrogen-bond acceptors (Lipinski definition) is 4. The largest absolute Gasteiger partial charge is 0.442 e. The molecule has 0 spiro atoms. The summed E-state index contributed by atoms with van der Waals surface area (Å²) in [4.78, 5) is 22.0. The zero-order valence-electron chi connectivity index (χ0n) is 7.64. The van der Waals surface area contributed by atoms with Crippen LogP contribution in [-0.4, -0.2) is 33.1 Å². The van der Waals surface area contributed by atoms with Crippen molar-refractivity contribution in [3.63, 3.8) is 0 Å². The molecule has 1 atom stereocenters. The van der Waals surface area contributed by atoms with E-state index in [4.69, 9.17) is 4.74 Å². The van der Waals surface area contributed by atoms with Gasteiger partial charge in [-0.2, -0.15) is 5.10 Å². The Kier molecular flexibility index (Phi) is 1.99. The fourth-order valence-electron chi connectivity index (χ4n) is 1.27. The molecule has 0 saturated carbocycles. The number of nitrogens with one attached hydrogen (secondary N) is 1. The van der Waals surface area contributed by atoms with E-state index >= 15 is 0 Å². The van der Waals surface area contributed by atoms with Crippen LogP contribution in [0.3, 0.4) is 0 Å². The second-order valence-electron chi connectivity index (χ2n) is 3.11. The molecule has 1 fully saturated rings. The summed E-state index contributed by atoms with van der Waals surface area (Å²) < 4.78 is 7.50. The van der Waals surface area contributed by atoms with Crippen molar-refractivity contribution in [1.29, 1.82) is 0 Å². The van der Waals surface area contributed by atoms with Gasteiger partial charge in [0.1, 0.15) is 12.4 Å². The van der Waals surface area contributed by atoms with E-state index in [1.807, 2.05) is 0 Å². The number of cyclic esters (lactones) is 1. The summed E-state index contributed by atoms with van der Waals surface area (Å²) in [6.07, 6.45) is 0.668. The normalized spacial score (nSPS) is 20.6. The highest BCUT2D eigenvalue weighted by Gasteiger charge is 2.23. The average Bonchev–Trinajstić information content (AvgIpc) is 2.67. The fourth-order valence-corrected chi connectivity index (χ4v) is 1.27. The number of rotatable bonds is 2. The predicted molar refractivity (Wildman–Crippen MR) is 45.7 cm³/mol. The molecule has 2 rings (SSSR count). The van der Waals surface area contributed by atoms with Crippen molar-refractivity contribution in [2.75, 3.05) is 6.54 Å². The van der Waals surface area contributed by atoms with Gasteiger partial charge in [-0.25, -0.2) is 14.3 Å². The molecule has 1 aromatic heterocycles. The number of hydrogen-bond donors (Lipinski definition) is 1. The monoisotopic (exact) mass is 198 g/mol. The van der Waals surface area contributed by atoms with Crippen molar-refractivity contribution in [2.24, 2.45) is 7.05 Å². The molecule has 0 bridgehead atoms. The minimum absolute atomic E-state index is 0.215. The Morgan fingerprint density at radius 3 is 3.00 bits per heavy atom. The van der Waals surface area contributed by atoms with E-state index in [9.17, 15) is 9.59 Å². The smallest absolute Gasteiger partial charge is 0.407 e. The Morgan fingerprint density at radius 2 is 2.50 bits per heavy atom. The molecule has 0 radical (unpaired) electrons. The molecule has 0 aliphatic carbocycles. The van der Waals surface area contributed by atoms with Crippen molar-refractivity contribution >= 4 is 6.09 Å². The number of aromatic nitrogens is 3. The number of aryl methyl sites for hydroxylation is 1. The van der Waals surface area contributed by atoms with Crippen LogP contribution < -0.4 is 11.0 Å². The molecule has 14 heavy (non-hydrogen) atoms. The van der Waals surface area contributed by atoms with Crippen LogP contribution in [0, 0.1) is 0 Å². The summed E-state index contributed by atoms with van der Waals surface area (Å²) in [5, 5.41) is 6.36. The van der Waals surface area contributed by atoms with Gasteiger partial charge in [0.05, 0.1) is 13.1 Å². The third kappa shape index (κ3) is 1.48. The first-order chi connectivity index (χ1) is 6.66.